The van der Waals surface area contributed by atoms with Gasteiger partial charge in [0.25, 0.3) is 0 Å². The third kappa shape index (κ3) is 2.16. The third-order valence-electron chi connectivity index (χ3n) is 1.97. The number of hydrogen-bond acceptors (Lipinski definition) is 4. The minimum atomic E-state index is -0.475. The molecular formula is C11H10O4. The van der Waals surface area contributed by atoms with Crippen molar-refractivity contribution in [2.24, 2.45) is 0 Å². The maximum atomic E-state index is 11.1. The van der Waals surface area contributed by atoms with Crippen molar-refractivity contribution in [3.05, 3.63) is 36.1 Å². The molecule has 0 amide bonds. The van der Waals surface area contributed by atoms with E-state index in [1.54, 1.807) is 0 Å². The van der Waals surface area contributed by atoms with Crippen molar-refractivity contribution in [2.75, 3.05) is 7.11 Å². The van der Waals surface area contributed by atoms with Gasteiger partial charge in [0.15, 0.2) is 0 Å². The Morgan fingerprint density at radius 3 is 2.93 bits per heavy atom. The van der Waals surface area contributed by atoms with Crippen molar-refractivity contribution in [1.82, 2.24) is 0 Å². The van der Waals surface area contributed by atoms with Gasteiger partial charge in [-0.2, -0.15) is 4.89 Å². The van der Waals surface area contributed by atoms with Crippen molar-refractivity contribution in [3.63, 3.8) is 0 Å². The molecule has 4 nitrogen and oxygen atoms in total. The fraction of sp³-hybridized carbons (Fsp3) is 0.182. The lowest BCUT2D eigenvalue weighted by Gasteiger charge is -1.95. The lowest BCUT2D eigenvalue weighted by molar-refractivity contribution is -0.254. The maximum absolute atomic E-state index is 11.1. The molecule has 0 bridgehead atoms. The number of rotatable bonds is 3. The predicted octanol–water partition coefficient (Wildman–Crippen LogP) is 2.08. The molecule has 2 rings (SSSR count). The van der Waals surface area contributed by atoms with Crippen molar-refractivity contribution < 1.29 is 19.0 Å². The van der Waals surface area contributed by atoms with Gasteiger partial charge in [0, 0.05) is 5.39 Å². The van der Waals surface area contributed by atoms with Crippen molar-refractivity contribution in [2.45, 2.75) is 6.42 Å². The number of benzene rings is 1. The summed E-state index contributed by atoms with van der Waals surface area (Å²) in [5.74, 6) is 0.0924. The van der Waals surface area contributed by atoms with Gasteiger partial charge < -0.3 is 4.42 Å². The predicted molar refractivity (Wildman–Crippen MR) is 53.0 cm³/mol. The first-order valence-electron chi connectivity index (χ1n) is 4.50. The second-order valence-electron chi connectivity index (χ2n) is 3.05. The van der Waals surface area contributed by atoms with E-state index in [1.165, 1.54) is 7.11 Å². The average Bonchev–Trinajstić information content (AvgIpc) is 2.59. The average molecular weight is 206 g/mol. The highest BCUT2D eigenvalue weighted by Gasteiger charge is 2.09. The summed E-state index contributed by atoms with van der Waals surface area (Å²) < 4.78 is 5.43. The molecule has 0 atom stereocenters. The molecule has 1 aromatic heterocycles. The second kappa shape index (κ2) is 4.14. The van der Waals surface area contributed by atoms with E-state index in [2.05, 4.69) is 9.78 Å². The summed E-state index contributed by atoms with van der Waals surface area (Å²) in [4.78, 5) is 19.7. The zero-order valence-corrected chi connectivity index (χ0v) is 8.23. The van der Waals surface area contributed by atoms with Crippen LogP contribution in [0.4, 0.5) is 0 Å². The molecule has 4 heteroatoms. The molecule has 0 unspecified atom stereocenters. The first-order valence-corrected chi connectivity index (χ1v) is 4.50. The summed E-state index contributed by atoms with van der Waals surface area (Å²) in [6, 6.07) is 9.37. The smallest absolute Gasteiger partial charge is 0.349 e. The summed E-state index contributed by atoms with van der Waals surface area (Å²) in [5.41, 5.74) is 0.762. The minimum Gasteiger partial charge on any atom is -0.460 e. The lowest BCUT2D eigenvalue weighted by Crippen LogP contribution is -2.05. The van der Waals surface area contributed by atoms with Crippen molar-refractivity contribution in [3.8, 4) is 0 Å². The molecule has 0 saturated carbocycles. The van der Waals surface area contributed by atoms with Crippen LogP contribution < -0.4 is 0 Å². The fourth-order valence-electron chi connectivity index (χ4n) is 1.39. The van der Waals surface area contributed by atoms with Gasteiger partial charge in [-0.1, -0.05) is 18.2 Å². The van der Waals surface area contributed by atoms with Crippen LogP contribution in [0.3, 0.4) is 0 Å². The number of hydrogen-bond donors (Lipinski definition) is 0. The Bertz CT molecular complexity index is 439. The molecule has 0 aliphatic heterocycles. The SMILES string of the molecule is COOC(=O)Cc1cc2ccccc2o1. The van der Waals surface area contributed by atoms with Crippen molar-refractivity contribution in [1.29, 1.82) is 0 Å². The zero-order chi connectivity index (χ0) is 10.7. The van der Waals surface area contributed by atoms with Crippen LogP contribution in [0.2, 0.25) is 0 Å². The normalized spacial score (nSPS) is 10.5. The molecule has 0 spiro atoms. The highest BCUT2D eigenvalue weighted by Crippen LogP contribution is 2.19. The van der Waals surface area contributed by atoms with E-state index in [1.807, 2.05) is 30.3 Å². The molecule has 0 fully saturated rings. The van der Waals surface area contributed by atoms with Gasteiger partial charge in [-0.25, -0.2) is 4.79 Å². The van der Waals surface area contributed by atoms with Crippen LogP contribution in [-0.2, 0) is 21.0 Å². The Morgan fingerprint density at radius 1 is 1.40 bits per heavy atom. The molecule has 78 valence electrons. The van der Waals surface area contributed by atoms with E-state index in [4.69, 9.17) is 4.42 Å². The van der Waals surface area contributed by atoms with Gasteiger partial charge in [-0.3, -0.25) is 4.89 Å². The van der Waals surface area contributed by atoms with Crippen LogP contribution in [0, 0.1) is 0 Å². The quantitative estimate of drug-likeness (QED) is 0.569. The molecule has 0 aliphatic rings. The van der Waals surface area contributed by atoms with Gasteiger partial charge >= 0.3 is 5.97 Å². The van der Waals surface area contributed by atoms with Gasteiger partial charge in [0.05, 0.1) is 7.11 Å². The molecule has 0 radical (unpaired) electrons. The second-order valence-corrected chi connectivity index (χ2v) is 3.05. The zero-order valence-electron chi connectivity index (χ0n) is 8.23. The van der Waals surface area contributed by atoms with Gasteiger partial charge in [0.2, 0.25) is 0 Å². The topological polar surface area (TPSA) is 48.7 Å². The van der Waals surface area contributed by atoms with Crippen molar-refractivity contribution >= 4 is 16.9 Å². The van der Waals surface area contributed by atoms with Gasteiger partial charge in [0.1, 0.15) is 17.8 Å². The lowest BCUT2D eigenvalue weighted by atomic mass is 10.2. The minimum absolute atomic E-state index is 0.0719. The van der Waals surface area contributed by atoms with Crippen LogP contribution in [-0.4, -0.2) is 13.1 Å². The number of para-hydroxylation sites is 1. The Morgan fingerprint density at radius 2 is 2.20 bits per heavy atom. The summed E-state index contributed by atoms with van der Waals surface area (Å²) >= 11 is 0. The highest BCUT2D eigenvalue weighted by molar-refractivity contribution is 5.79. The van der Waals surface area contributed by atoms with Gasteiger partial charge in [-0.15, -0.1) is 0 Å². The van der Waals surface area contributed by atoms with Crippen LogP contribution in [0.5, 0.6) is 0 Å². The highest BCUT2D eigenvalue weighted by atomic mass is 17.2. The Kier molecular flexibility index (Phi) is 2.69. The van der Waals surface area contributed by atoms with E-state index in [-0.39, 0.29) is 6.42 Å². The van der Waals surface area contributed by atoms with Gasteiger partial charge in [-0.05, 0) is 12.1 Å². The monoisotopic (exact) mass is 206 g/mol. The molecule has 2 aromatic rings. The van der Waals surface area contributed by atoms with Crippen LogP contribution in [0.25, 0.3) is 11.0 Å². The molecule has 1 aromatic carbocycles. The fourth-order valence-corrected chi connectivity index (χ4v) is 1.39. The molecule has 0 N–H and O–H groups in total. The standard InChI is InChI=1S/C11H10O4/c1-13-15-11(12)7-9-6-8-4-2-3-5-10(8)14-9/h2-6H,7H2,1H3. The Labute approximate surface area is 86.3 Å². The largest absolute Gasteiger partial charge is 0.460 e. The molecule has 0 aliphatic carbocycles. The van der Waals surface area contributed by atoms with E-state index in [0.717, 1.165) is 11.0 Å². The summed E-state index contributed by atoms with van der Waals surface area (Å²) in [7, 11) is 1.29. The van der Waals surface area contributed by atoms with E-state index < -0.39 is 5.97 Å². The van der Waals surface area contributed by atoms with Crippen LogP contribution >= 0.6 is 0 Å². The number of carbonyl (C=O) groups excluding carboxylic acids is 1. The molecular weight excluding hydrogens is 196 g/mol. The first-order chi connectivity index (χ1) is 7.29. The summed E-state index contributed by atoms with van der Waals surface area (Å²) in [6.07, 6.45) is 0.0719. The Balaban J connectivity index is 2.18. The van der Waals surface area contributed by atoms with E-state index in [0.29, 0.717) is 5.76 Å². The molecule has 1 heterocycles. The number of fused-ring (bicyclic) bond motifs is 1. The van der Waals surface area contributed by atoms with Crippen LogP contribution in [0.1, 0.15) is 5.76 Å². The number of furan rings is 1. The first kappa shape index (κ1) is 9.73. The summed E-state index contributed by atoms with van der Waals surface area (Å²) in [6.45, 7) is 0. The third-order valence-corrected chi connectivity index (χ3v) is 1.97. The molecule has 0 saturated heterocycles. The van der Waals surface area contributed by atoms with Crippen LogP contribution in [0.15, 0.2) is 34.7 Å². The molecule has 15 heavy (non-hydrogen) atoms. The Hall–Kier alpha value is -1.81. The number of carbonyl (C=O) groups is 1. The maximum Gasteiger partial charge on any atom is 0.349 e. The summed E-state index contributed by atoms with van der Waals surface area (Å²) in [5, 5.41) is 0.970. The van der Waals surface area contributed by atoms with E-state index >= 15 is 0 Å². The van der Waals surface area contributed by atoms with E-state index in [9.17, 15) is 4.79 Å².